The Hall–Kier alpha value is -1.74. The van der Waals surface area contributed by atoms with Crippen LogP contribution in [0.15, 0.2) is 42.5 Å². The molecule has 2 aromatic carbocycles. The van der Waals surface area contributed by atoms with Crippen molar-refractivity contribution in [1.82, 2.24) is 5.32 Å². The Morgan fingerprint density at radius 3 is 2.50 bits per heavy atom. The van der Waals surface area contributed by atoms with Crippen molar-refractivity contribution in [2.45, 2.75) is 26.3 Å². The molecule has 106 valence electrons. The molecule has 1 unspecified atom stereocenters. The van der Waals surface area contributed by atoms with Crippen molar-refractivity contribution in [3.05, 3.63) is 59.7 Å². The molecule has 2 aromatic rings. The highest BCUT2D eigenvalue weighted by molar-refractivity contribution is 5.68. The van der Waals surface area contributed by atoms with Crippen LogP contribution in [0, 0.1) is 11.6 Å². The van der Waals surface area contributed by atoms with Crippen molar-refractivity contribution in [2.24, 2.45) is 0 Å². The Labute approximate surface area is 118 Å². The minimum Gasteiger partial charge on any atom is -0.310 e. The highest BCUT2D eigenvalue weighted by atomic mass is 19.1. The molecule has 3 heteroatoms. The topological polar surface area (TPSA) is 12.0 Å². The van der Waals surface area contributed by atoms with Gasteiger partial charge in [-0.25, -0.2) is 8.78 Å². The SMILES string of the molecule is CCCNC(C)c1ccc(F)cc1-c1ccccc1F. The summed E-state index contributed by atoms with van der Waals surface area (Å²) in [6.07, 6.45) is 1.01. The molecule has 0 aliphatic carbocycles. The third-order valence-electron chi connectivity index (χ3n) is 3.35. The molecule has 0 bridgehead atoms. The number of nitrogens with one attached hydrogen (secondary N) is 1. The maximum atomic E-state index is 14.0. The van der Waals surface area contributed by atoms with E-state index in [1.807, 2.05) is 6.92 Å². The Balaban J connectivity index is 2.46. The van der Waals surface area contributed by atoms with Gasteiger partial charge in [0, 0.05) is 11.6 Å². The van der Waals surface area contributed by atoms with Gasteiger partial charge in [0.25, 0.3) is 0 Å². The number of rotatable bonds is 5. The van der Waals surface area contributed by atoms with E-state index < -0.39 is 0 Å². The zero-order valence-electron chi connectivity index (χ0n) is 11.8. The zero-order chi connectivity index (χ0) is 14.5. The second kappa shape index (κ2) is 6.62. The fourth-order valence-electron chi connectivity index (χ4n) is 2.29. The summed E-state index contributed by atoms with van der Waals surface area (Å²) in [6, 6.07) is 11.1. The average Bonchev–Trinajstić information content (AvgIpc) is 2.45. The van der Waals surface area contributed by atoms with Crippen LogP contribution in [0.4, 0.5) is 8.78 Å². The highest BCUT2D eigenvalue weighted by Gasteiger charge is 2.14. The van der Waals surface area contributed by atoms with E-state index in [0.29, 0.717) is 11.1 Å². The molecule has 0 aliphatic rings. The first-order valence-electron chi connectivity index (χ1n) is 6.91. The van der Waals surface area contributed by atoms with Gasteiger partial charge >= 0.3 is 0 Å². The van der Waals surface area contributed by atoms with Gasteiger partial charge in [0.15, 0.2) is 0 Å². The first kappa shape index (κ1) is 14.7. The van der Waals surface area contributed by atoms with Gasteiger partial charge in [0.05, 0.1) is 0 Å². The highest BCUT2D eigenvalue weighted by Crippen LogP contribution is 2.30. The van der Waals surface area contributed by atoms with E-state index >= 15 is 0 Å². The maximum Gasteiger partial charge on any atom is 0.131 e. The molecule has 0 amide bonds. The normalized spacial score (nSPS) is 12.4. The van der Waals surface area contributed by atoms with Gasteiger partial charge < -0.3 is 5.32 Å². The van der Waals surface area contributed by atoms with E-state index in [0.717, 1.165) is 18.5 Å². The summed E-state index contributed by atoms with van der Waals surface area (Å²) in [6.45, 7) is 4.96. The van der Waals surface area contributed by atoms with Crippen molar-refractivity contribution in [3.8, 4) is 11.1 Å². The predicted molar refractivity (Wildman–Crippen MR) is 78.5 cm³/mol. The van der Waals surface area contributed by atoms with Crippen LogP contribution in [0.5, 0.6) is 0 Å². The van der Waals surface area contributed by atoms with Crippen LogP contribution in [0.1, 0.15) is 31.9 Å². The van der Waals surface area contributed by atoms with Crippen molar-refractivity contribution >= 4 is 0 Å². The zero-order valence-corrected chi connectivity index (χ0v) is 11.8. The summed E-state index contributed by atoms with van der Waals surface area (Å²) < 4.78 is 27.5. The van der Waals surface area contributed by atoms with Gasteiger partial charge in [0.1, 0.15) is 11.6 Å². The van der Waals surface area contributed by atoms with Gasteiger partial charge in [-0.15, -0.1) is 0 Å². The van der Waals surface area contributed by atoms with Crippen LogP contribution in [0.3, 0.4) is 0 Å². The van der Waals surface area contributed by atoms with Gasteiger partial charge in [0.2, 0.25) is 0 Å². The molecule has 0 spiro atoms. The fourth-order valence-corrected chi connectivity index (χ4v) is 2.29. The predicted octanol–water partition coefficient (Wildman–Crippen LogP) is 4.69. The number of halogens is 2. The number of benzene rings is 2. The summed E-state index contributed by atoms with van der Waals surface area (Å²) in [7, 11) is 0. The van der Waals surface area contributed by atoms with Crippen LogP contribution in [0.25, 0.3) is 11.1 Å². The van der Waals surface area contributed by atoms with Gasteiger partial charge in [-0.1, -0.05) is 31.2 Å². The number of hydrogen-bond donors (Lipinski definition) is 1. The van der Waals surface area contributed by atoms with E-state index in [9.17, 15) is 8.78 Å². The van der Waals surface area contributed by atoms with Crippen LogP contribution >= 0.6 is 0 Å². The molecule has 1 nitrogen and oxygen atoms in total. The lowest BCUT2D eigenvalue weighted by Crippen LogP contribution is -2.20. The lowest BCUT2D eigenvalue weighted by Gasteiger charge is -2.18. The minimum atomic E-state index is -0.352. The smallest absolute Gasteiger partial charge is 0.131 e. The van der Waals surface area contributed by atoms with Crippen molar-refractivity contribution in [2.75, 3.05) is 6.54 Å². The second-order valence-electron chi connectivity index (χ2n) is 4.89. The molecule has 0 fully saturated rings. The Bertz CT molecular complexity index is 581. The summed E-state index contributed by atoms with van der Waals surface area (Å²) >= 11 is 0. The van der Waals surface area contributed by atoms with Crippen LogP contribution in [-0.4, -0.2) is 6.54 Å². The molecule has 1 N–H and O–H groups in total. The minimum absolute atomic E-state index is 0.0464. The fraction of sp³-hybridized carbons (Fsp3) is 0.294. The van der Waals surface area contributed by atoms with E-state index in [1.165, 1.54) is 18.2 Å². The third-order valence-corrected chi connectivity index (χ3v) is 3.35. The van der Waals surface area contributed by atoms with Crippen LogP contribution in [-0.2, 0) is 0 Å². The molecule has 0 saturated heterocycles. The lowest BCUT2D eigenvalue weighted by molar-refractivity contribution is 0.568. The van der Waals surface area contributed by atoms with Crippen molar-refractivity contribution in [3.63, 3.8) is 0 Å². The third kappa shape index (κ3) is 3.23. The molecular formula is C17H19F2N. The van der Waals surface area contributed by atoms with E-state index in [2.05, 4.69) is 12.2 Å². The summed E-state index contributed by atoms with van der Waals surface area (Å²) in [4.78, 5) is 0. The Morgan fingerprint density at radius 2 is 1.80 bits per heavy atom. The molecule has 0 aliphatic heterocycles. The summed E-state index contributed by atoms with van der Waals surface area (Å²) in [5.74, 6) is -0.684. The summed E-state index contributed by atoms with van der Waals surface area (Å²) in [5.41, 5.74) is 1.95. The molecule has 0 heterocycles. The van der Waals surface area contributed by atoms with E-state index in [4.69, 9.17) is 0 Å². The maximum absolute atomic E-state index is 14.0. The van der Waals surface area contributed by atoms with Crippen molar-refractivity contribution in [1.29, 1.82) is 0 Å². The summed E-state index contributed by atoms with van der Waals surface area (Å²) in [5, 5.41) is 3.35. The molecule has 0 saturated carbocycles. The van der Waals surface area contributed by atoms with Gasteiger partial charge in [-0.2, -0.15) is 0 Å². The monoisotopic (exact) mass is 275 g/mol. The number of hydrogen-bond acceptors (Lipinski definition) is 1. The van der Waals surface area contributed by atoms with Gasteiger partial charge in [-0.3, -0.25) is 0 Å². The van der Waals surface area contributed by atoms with E-state index in [1.54, 1.807) is 24.3 Å². The molecule has 20 heavy (non-hydrogen) atoms. The van der Waals surface area contributed by atoms with Crippen LogP contribution in [0.2, 0.25) is 0 Å². The quantitative estimate of drug-likeness (QED) is 0.834. The lowest BCUT2D eigenvalue weighted by atomic mass is 9.95. The van der Waals surface area contributed by atoms with Crippen molar-refractivity contribution < 1.29 is 8.78 Å². The standard InChI is InChI=1S/C17H19F2N/c1-3-10-20-12(2)14-9-8-13(18)11-16(14)15-6-4-5-7-17(15)19/h4-9,11-12,20H,3,10H2,1-2H3. The largest absolute Gasteiger partial charge is 0.310 e. The molecule has 0 radical (unpaired) electrons. The first-order chi connectivity index (χ1) is 9.63. The molecule has 1 atom stereocenters. The molecular weight excluding hydrogens is 256 g/mol. The Morgan fingerprint density at radius 1 is 1.05 bits per heavy atom. The molecule has 2 rings (SSSR count). The Kier molecular flexibility index (Phi) is 4.85. The molecule has 0 aromatic heterocycles. The first-order valence-corrected chi connectivity index (χ1v) is 6.91. The second-order valence-corrected chi connectivity index (χ2v) is 4.89. The average molecular weight is 275 g/mol. The van der Waals surface area contributed by atoms with Gasteiger partial charge in [-0.05, 0) is 49.2 Å². The van der Waals surface area contributed by atoms with E-state index in [-0.39, 0.29) is 17.7 Å². The van der Waals surface area contributed by atoms with Crippen LogP contribution < -0.4 is 5.32 Å².